The van der Waals surface area contributed by atoms with Gasteiger partial charge in [0.05, 0.1) is 23.7 Å². The normalized spacial score (nSPS) is 11.3. The SMILES string of the molecule is O=C(O)CCn1c(-c2ccccc2)nc2cc(-c3c(Cc4ccccc4)cc4cccoc3-4)ccc21. The number of carboxylic acid groups (broad SMARTS) is 1. The predicted molar refractivity (Wildman–Crippen MR) is 141 cm³/mol. The van der Waals surface area contributed by atoms with Gasteiger partial charge in [0.15, 0.2) is 0 Å². The van der Waals surface area contributed by atoms with Crippen LogP contribution in [0.1, 0.15) is 17.5 Å². The zero-order valence-electron chi connectivity index (χ0n) is 19.6. The summed E-state index contributed by atoms with van der Waals surface area (Å²) in [5.74, 6) is 0.796. The molecule has 0 saturated carbocycles. The van der Waals surface area contributed by atoms with E-state index in [0.717, 1.165) is 51.3 Å². The third-order valence-corrected chi connectivity index (χ3v) is 6.54. The molecule has 0 saturated heterocycles. The molecular formula is C31H24N2O3. The van der Waals surface area contributed by atoms with Gasteiger partial charge in [-0.2, -0.15) is 0 Å². The second kappa shape index (κ2) is 9.19. The number of aromatic nitrogens is 2. The fourth-order valence-electron chi connectivity index (χ4n) is 4.92. The van der Waals surface area contributed by atoms with E-state index in [1.807, 2.05) is 53.1 Å². The Balaban J connectivity index is 1.50. The molecule has 0 fully saturated rings. The van der Waals surface area contributed by atoms with Crippen molar-refractivity contribution in [1.29, 1.82) is 0 Å². The molecule has 1 aliphatic heterocycles. The summed E-state index contributed by atoms with van der Waals surface area (Å²) in [5, 5.41) is 9.32. The summed E-state index contributed by atoms with van der Waals surface area (Å²) in [6.07, 6.45) is 2.53. The van der Waals surface area contributed by atoms with Crippen molar-refractivity contribution in [2.24, 2.45) is 0 Å². The summed E-state index contributed by atoms with van der Waals surface area (Å²) < 4.78 is 8.00. The van der Waals surface area contributed by atoms with Gasteiger partial charge < -0.3 is 14.1 Å². The number of benzene rings is 3. The van der Waals surface area contributed by atoms with Crippen molar-refractivity contribution in [2.45, 2.75) is 19.4 Å². The van der Waals surface area contributed by atoms with Crippen LogP contribution in [0, 0.1) is 0 Å². The minimum Gasteiger partial charge on any atom is -0.481 e. The van der Waals surface area contributed by atoms with Crippen LogP contribution >= 0.6 is 0 Å². The van der Waals surface area contributed by atoms with Gasteiger partial charge in [-0.05, 0) is 53.4 Å². The molecule has 2 aliphatic rings. The van der Waals surface area contributed by atoms with Crippen LogP contribution in [0.5, 0.6) is 0 Å². The lowest BCUT2D eigenvalue weighted by Gasteiger charge is -2.09. The first-order valence-electron chi connectivity index (χ1n) is 12.0. The van der Waals surface area contributed by atoms with Crippen LogP contribution in [0.2, 0.25) is 0 Å². The van der Waals surface area contributed by atoms with Crippen LogP contribution in [0.3, 0.4) is 0 Å². The standard InChI is InChI=1S/C31H24N2O3/c34-28(35)15-16-33-27-14-13-23(20-26(27)32-31(33)22-10-5-2-6-11-22)29-25(18-21-8-3-1-4-9-21)19-24-12-7-17-36-30(24)29/h1-14,17,19-20H,15-16,18H2,(H,34,35). The lowest BCUT2D eigenvalue weighted by atomic mass is 9.98. The molecule has 0 atom stereocenters. The maximum atomic E-state index is 11.4. The monoisotopic (exact) mass is 472 g/mol. The lowest BCUT2D eigenvalue weighted by molar-refractivity contribution is -0.137. The zero-order chi connectivity index (χ0) is 24.5. The summed E-state index contributed by atoms with van der Waals surface area (Å²) in [6.45, 7) is 0.351. The molecule has 2 heterocycles. The van der Waals surface area contributed by atoms with Crippen molar-refractivity contribution >= 4 is 17.0 Å². The number of carbonyl (C=O) groups is 1. The van der Waals surface area contributed by atoms with Gasteiger partial charge in [-0.15, -0.1) is 0 Å². The minimum atomic E-state index is -0.831. The van der Waals surface area contributed by atoms with Crippen molar-refractivity contribution in [1.82, 2.24) is 9.55 Å². The average Bonchev–Trinajstić information content (AvgIpc) is 3.46. The Bertz CT molecular complexity index is 1630. The molecule has 176 valence electrons. The molecule has 6 rings (SSSR count). The molecule has 1 aromatic heterocycles. The average molecular weight is 473 g/mol. The first-order valence-corrected chi connectivity index (χ1v) is 12.0. The maximum absolute atomic E-state index is 11.4. The van der Waals surface area contributed by atoms with Gasteiger partial charge >= 0.3 is 5.97 Å². The van der Waals surface area contributed by atoms with E-state index >= 15 is 0 Å². The first kappa shape index (κ1) is 21.9. The van der Waals surface area contributed by atoms with E-state index in [9.17, 15) is 9.90 Å². The summed E-state index contributed by atoms with van der Waals surface area (Å²) in [6, 6.07) is 32.7. The van der Waals surface area contributed by atoms with Crippen molar-refractivity contribution in [3.05, 3.63) is 114 Å². The van der Waals surface area contributed by atoms with Gasteiger partial charge in [-0.1, -0.05) is 66.7 Å². The number of rotatable bonds is 7. The maximum Gasteiger partial charge on any atom is 0.305 e. The summed E-state index contributed by atoms with van der Waals surface area (Å²) >= 11 is 0. The number of nitrogens with zero attached hydrogens (tertiary/aromatic N) is 2. The van der Waals surface area contributed by atoms with Crippen LogP contribution in [0.15, 0.2) is 108 Å². The van der Waals surface area contributed by atoms with E-state index < -0.39 is 5.97 Å². The van der Waals surface area contributed by atoms with Crippen LogP contribution in [-0.4, -0.2) is 20.6 Å². The predicted octanol–water partition coefficient (Wildman–Crippen LogP) is 7.13. The van der Waals surface area contributed by atoms with Crippen LogP contribution in [0.4, 0.5) is 0 Å². The zero-order valence-corrected chi connectivity index (χ0v) is 19.6. The molecular weight excluding hydrogens is 448 g/mol. The highest BCUT2D eigenvalue weighted by atomic mass is 16.4. The second-order valence-electron chi connectivity index (χ2n) is 8.90. The summed E-state index contributed by atoms with van der Waals surface area (Å²) in [5.41, 5.74) is 8.29. The van der Waals surface area contributed by atoms with Crippen molar-refractivity contribution in [3.63, 3.8) is 0 Å². The van der Waals surface area contributed by atoms with E-state index in [-0.39, 0.29) is 6.42 Å². The summed E-state index contributed by atoms with van der Waals surface area (Å²) in [7, 11) is 0. The Morgan fingerprint density at radius 3 is 2.36 bits per heavy atom. The Morgan fingerprint density at radius 1 is 0.833 bits per heavy atom. The fourth-order valence-corrected chi connectivity index (χ4v) is 4.92. The lowest BCUT2D eigenvalue weighted by Crippen LogP contribution is -2.06. The van der Waals surface area contributed by atoms with E-state index in [0.29, 0.717) is 6.54 Å². The topological polar surface area (TPSA) is 68.3 Å². The smallest absolute Gasteiger partial charge is 0.305 e. The number of hydrogen-bond acceptors (Lipinski definition) is 3. The van der Waals surface area contributed by atoms with Gasteiger partial charge in [0, 0.05) is 23.2 Å². The molecule has 1 N–H and O–H groups in total. The fraction of sp³-hybridized carbons (Fsp3) is 0.0968. The first-order chi connectivity index (χ1) is 17.7. The van der Waals surface area contributed by atoms with E-state index in [1.54, 1.807) is 6.26 Å². The molecule has 0 spiro atoms. The number of carboxylic acids is 1. The quantitative estimate of drug-likeness (QED) is 0.268. The molecule has 0 radical (unpaired) electrons. The molecule has 1 aliphatic carbocycles. The third-order valence-electron chi connectivity index (χ3n) is 6.54. The number of imidazole rings is 1. The van der Waals surface area contributed by atoms with Crippen molar-refractivity contribution in [2.75, 3.05) is 0 Å². The molecule has 0 unspecified atom stereocenters. The highest BCUT2D eigenvalue weighted by molar-refractivity contribution is 5.92. The van der Waals surface area contributed by atoms with Gasteiger partial charge in [-0.3, -0.25) is 4.79 Å². The van der Waals surface area contributed by atoms with Gasteiger partial charge in [0.25, 0.3) is 0 Å². The van der Waals surface area contributed by atoms with Crippen LogP contribution < -0.4 is 0 Å². The molecule has 4 aromatic rings. The third kappa shape index (κ3) is 4.05. The molecule has 0 bridgehead atoms. The van der Waals surface area contributed by atoms with Crippen molar-refractivity contribution < 1.29 is 14.3 Å². The van der Waals surface area contributed by atoms with Gasteiger partial charge in [0.1, 0.15) is 11.6 Å². The molecule has 36 heavy (non-hydrogen) atoms. The van der Waals surface area contributed by atoms with Crippen LogP contribution in [0.25, 0.3) is 44.9 Å². The summed E-state index contributed by atoms with van der Waals surface area (Å²) in [4.78, 5) is 16.3. The van der Waals surface area contributed by atoms with E-state index in [2.05, 4.69) is 48.5 Å². The largest absolute Gasteiger partial charge is 0.481 e. The number of hydrogen-bond donors (Lipinski definition) is 1. The number of fused-ring (bicyclic) bond motifs is 2. The second-order valence-corrected chi connectivity index (χ2v) is 8.90. The number of aliphatic carboxylic acids is 1. The Labute approximate surface area is 208 Å². The number of aryl methyl sites for hydroxylation is 1. The minimum absolute atomic E-state index is 0.0284. The Hall–Kier alpha value is -4.64. The van der Waals surface area contributed by atoms with E-state index in [1.165, 1.54) is 11.1 Å². The Morgan fingerprint density at radius 2 is 1.58 bits per heavy atom. The van der Waals surface area contributed by atoms with Gasteiger partial charge in [0.2, 0.25) is 0 Å². The molecule has 0 amide bonds. The van der Waals surface area contributed by atoms with Gasteiger partial charge in [-0.25, -0.2) is 4.98 Å². The highest BCUT2D eigenvalue weighted by Gasteiger charge is 2.21. The molecule has 5 nitrogen and oxygen atoms in total. The highest BCUT2D eigenvalue weighted by Crippen LogP contribution is 2.41. The molecule has 3 aromatic carbocycles. The van der Waals surface area contributed by atoms with Crippen LogP contribution in [-0.2, 0) is 17.8 Å². The van der Waals surface area contributed by atoms with Crippen molar-refractivity contribution in [3.8, 4) is 33.8 Å². The Kier molecular flexibility index (Phi) is 5.58. The molecule has 5 heteroatoms. The van der Waals surface area contributed by atoms with E-state index in [4.69, 9.17) is 9.40 Å².